The summed E-state index contributed by atoms with van der Waals surface area (Å²) in [6.07, 6.45) is 3.50. The van der Waals surface area contributed by atoms with Gasteiger partial charge in [0.2, 0.25) is 0 Å². The topological polar surface area (TPSA) is 62.7 Å². The normalized spacial score (nSPS) is 10.7. The standard InChI is InChI=1S/C13H12N4O/c1-17-12(5-7-15-17)16-13(18)10-3-2-9-4-6-14-11(9)8-10/h2-8,14H,1H3,(H,16,18). The van der Waals surface area contributed by atoms with E-state index < -0.39 is 0 Å². The van der Waals surface area contributed by atoms with Crippen LogP contribution in [0.2, 0.25) is 0 Å². The van der Waals surface area contributed by atoms with E-state index in [1.165, 1.54) is 0 Å². The maximum absolute atomic E-state index is 12.1. The fourth-order valence-corrected chi connectivity index (χ4v) is 1.87. The van der Waals surface area contributed by atoms with Gasteiger partial charge in [0, 0.05) is 30.4 Å². The first-order valence-corrected chi connectivity index (χ1v) is 5.60. The van der Waals surface area contributed by atoms with Crippen LogP contribution < -0.4 is 5.32 Å². The van der Waals surface area contributed by atoms with Crippen molar-refractivity contribution in [3.8, 4) is 0 Å². The van der Waals surface area contributed by atoms with E-state index in [0.29, 0.717) is 11.4 Å². The molecule has 3 rings (SSSR count). The van der Waals surface area contributed by atoms with Crippen LogP contribution in [0.5, 0.6) is 0 Å². The molecule has 0 saturated carbocycles. The zero-order valence-electron chi connectivity index (χ0n) is 9.84. The first-order valence-electron chi connectivity index (χ1n) is 5.60. The Hall–Kier alpha value is -2.56. The largest absolute Gasteiger partial charge is 0.361 e. The molecule has 0 spiro atoms. The molecule has 1 amide bonds. The van der Waals surface area contributed by atoms with E-state index in [9.17, 15) is 4.79 Å². The van der Waals surface area contributed by atoms with Crippen molar-refractivity contribution >= 4 is 22.6 Å². The van der Waals surface area contributed by atoms with Crippen molar-refractivity contribution in [1.29, 1.82) is 0 Å². The fraction of sp³-hybridized carbons (Fsp3) is 0.0769. The van der Waals surface area contributed by atoms with E-state index in [2.05, 4.69) is 15.4 Å². The Bertz CT molecular complexity index is 710. The van der Waals surface area contributed by atoms with E-state index in [1.807, 2.05) is 30.5 Å². The lowest BCUT2D eigenvalue weighted by molar-refractivity contribution is 0.102. The van der Waals surface area contributed by atoms with Gasteiger partial charge in [0.05, 0.1) is 6.20 Å². The van der Waals surface area contributed by atoms with E-state index in [0.717, 1.165) is 10.9 Å². The van der Waals surface area contributed by atoms with Gasteiger partial charge in [-0.05, 0) is 23.6 Å². The van der Waals surface area contributed by atoms with E-state index in [-0.39, 0.29) is 5.91 Å². The molecule has 90 valence electrons. The molecule has 0 aliphatic rings. The number of H-pyrrole nitrogens is 1. The molecule has 0 atom stereocenters. The van der Waals surface area contributed by atoms with E-state index >= 15 is 0 Å². The highest BCUT2D eigenvalue weighted by molar-refractivity contribution is 6.05. The highest BCUT2D eigenvalue weighted by Crippen LogP contribution is 2.15. The zero-order chi connectivity index (χ0) is 12.5. The van der Waals surface area contributed by atoms with Crippen molar-refractivity contribution in [3.63, 3.8) is 0 Å². The smallest absolute Gasteiger partial charge is 0.256 e. The summed E-state index contributed by atoms with van der Waals surface area (Å²) in [6.45, 7) is 0. The van der Waals surface area contributed by atoms with Gasteiger partial charge in [-0.15, -0.1) is 0 Å². The Balaban J connectivity index is 1.89. The third-order valence-electron chi connectivity index (χ3n) is 2.88. The van der Waals surface area contributed by atoms with Crippen molar-refractivity contribution in [1.82, 2.24) is 14.8 Å². The van der Waals surface area contributed by atoms with Crippen molar-refractivity contribution in [3.05, 3.63) is 48.3 Å². The Labute approximate surface area is 103 Å². The minimum absolute atomic E-state index is 0.143. The van der Waals surface area contributed by atoms with Crippen molar-refractivity contribution < 1.29 is 4.79 Å². The molecule has 0 aliphatic heterocycles. The Morgan fingerprint density at radius 3 is 3.00 bits per heavy atom. The Kier molecular flexibility index (Phi) is 2.37. The van der Waals surface area contributed by atoms with Crippen LogP contribution in [0.4, 0.5) is 5.82 Å². The van der Waals surface area contributed by atoms with Crippen LogP contribution in [0.15, 0.2) is 42.7 Å². The SMILES string of the molecule is Cn1nccc1NC(=O)c1ccc2cc[nH]c2c1. The zero-order valence-corrected chi connectivity index (χ0v) is 9.84. The molecule has 0 bridgehead atoms. The second-order valence-corrected chi connectivity index (χ2v) is 4.07. The van der Waals surface area contributed by atoms with E-state index in [4.69, 9.17) is 0 Å². The van der Waals surface area contributed by atoms with Gasteiger partial charge in [0.25, 0.3) is 5.91 Å². The first kappa shape index (κ1) is 10.6. The van der Waals surface area contributed by atoms with Crippen LogP contribution in [0.25, 0.3) is 10.9 Å². The minimum atomic E-state index is -0.143. The van der Waals surface area contributed by atoms with Gasteiger partial charge >= 0.3 is 0 Å². The number of hydrogen-bond acceptors (Lipinski definition) is 2. The average Bonchev–Trinajstić information content (AvgIpc) is 2.98. The molecule has 0 aliphatic carbocycles. The van der Waals surface area contributed by atoms with Crippen LogP contribution in [-0.2, 0) is 7.05 Å². The number of amides is 1. The number of carbonyl (C=O) groups excluding carboxylic acids is 1. The number of rotatable bonds is 2. The van der Waals surface area contributed by atoms with Gasteiger partial charge < -0.3 is 10.3 Å². The number of hydrogen-bond donors (Lipinski definition) is 2. The number of nitrogens with one attached hydrogen (secondary N) is 2. The van der Waals surface area contributed by atoms with Crippen LogP contribution in [0.1, 0.15) is 10.4 Å². The van der Waals surface area contributed by atoms with Crippen LogP contribution in [0.3, 0.4) is 0 Å². The van der Waals surface area contributed by atoms with Gasteiger partial charge in [-0.25, -0.2) is 0 Å². The summed E-state index contributed by atoms with van der Waals surface area (Å²) in [5.41, 5.74) is 1.57. The summed E-state index contributed by atoms with van der Waals surface area (Å²) in [4.78, 5) is 15.2. The molecule has 2 N–H and O–H groups in total. The maximum atomic E-state index is 12.1. The summed E-state index contributed by atoms with van der Waals surface area (Å²) in [5.74, 6) is 0.529. The maximum Gasteiger partial charge on any atom is 0.256 e. The predicted octanol–water partition coefficient (Wildman–Crippen LogP) is 2.15. The molecule has 18 heavy (non-hydrogen) atoms. The number of aromatic amines is 1. The molecular formula is C13H12N4O. The Morgan fingerprint density at radius 2 is 2.22 bits per heavy atom. The van der Waals surface area contributed by atoms with Crippen molar-refractivity contribution in [2.45, 2.75) is 0 Å². The fourth-order valence-electron chi connectivity index (χ4n) is 1.87. The average molecular weight is 240 g/mol. The van der Waals surface area contributed by atoms with Gasteiger partial charge in [0.15, 0.2) is 0 Å². The first-order chi connectivity index (χ1) is 8.74. The number of nitrogens with zero attached hydrogens (tertiary/aromatic N) is 2. The second kappa shape index (κ2) is 4.03. The Morgan fingerprint density at radius 1 is 1.33 bits per heavy atom. The van der Waals surface area contributed by atoms with E-state index in [1.54, 1.807) is 24.0 Å². The van der Waals surface area contributed by atoms with Crippen LogP contribution >= 0.6 is 0 Å². The highest BCUT2D eigenvalue weighted by atomic mass is 16.1. The molecule has 0 unspecified atom stereocenters. The summed E-state index contributed by atoms with van der Waals surface area (Å²) in [5, 5.41) is 7.90. The number of anilines is 1. The summed E-state index contributed by atoms with van der Waals surface area (Å²) >= 11 is 0. The molecule has 5 nitrogen and oxygen atoms in total. The predicted molar refractivity (Wildman–Crippen MR) is 69.5 cm³/mol. The van der Waals surface area contributed by atoms with Gasteiger partial charge in [-0.2, -0.15) is 5.10 Å². The third kappa shape index (κ3) is 1.75. The molecule has 2 aromatic heterocycles. The molecular weight excluding hydrogens is 228 g/mol. The lowest BCUT2D eigenvalue weighted by atomic mass is 10.1. The molecule has 3 aromatic rings. The van der Waals surface area contributed by atoms with Crippen molar-refractivity contribution in [2.75, 3.05) is 5.32 Å². The number of fused-ring (bicyclic) bond motifs is 1. The van der Waals surface area contributed by atoms with Crippen LogP contribution in [-0.4, -0.2) is 20.7 Å². The third-order valence-corrected chi connectivity index (χ3v) is 2.88. The number of carbonyl (C=O) groups is 1. The molecule has 2 heterocycles. The molecule has 5 heteroatoms. The van der Waals surface area contributed by atoms with Crippen molar-refractivity contribution in [2.24, 2.45) is 7.05 Å². The van der Waals surface area contributed by atoms with Gasteiger partial charge in [0.1, 0.15) is 5.82 Å². The summed E-state index contributed by atoms with van der Waals surface area (Å²) in [6, 6.07) is 9.29. The second-order valence-electron chi connectivity index (χ2n) is 4.07. The lowest BCUT2D eigenvalue weighted by Gasteiger charge is -2.05. The van der Waals surface area contributed by atoms with Gasteiger partial charge in [-0.3, -0.25) is 9.48 Å². The minimum Gasteiger partial charge on any atom is -0.361 e. The summed E-state index contributed by atoms with van der Waals surface area (Å²) < 4.78 is 1.62. The van der Waals surface area contributed by atoms with Crippen LogP contribution in [0, 0.1) is 0 Å². The van der Waals surface area contributed by atoms with Gasteiger partial charge in [-0.1, -0.05) is 6.07 Å². The molecule has 0 saturated heterocycles. The number of benzene rings is 1. The summed E-state index contributed by atoms with van der Waals surface area (Å²) in [7, 11) is 1.78. The molecule has 0 fully saturated rings. The highest BCUT2D eigenvalue weighted by Gasteiger charge is 2.08. The lowest BCUT2D eigenvalue weighted by Crippen LogP contribution is -2.14. The quantitative estimate of drug-likeness (QED) is 0.721. The molecule has 1 aromatic carbocycles. The monoisotopic (exact) mass is 240 g/mol. The molecule has 0 radical (unpaired) electrons. The number of aryl methyl sites for hydroxylation is 1. The number of aromatic nitrogens is 3.